The number of hydrogen-bond acceptors (Lipinski definition) is 5. The zero-order chi connectivity index (χ0) is 20.5. The van der Waals surface area contributed by atoms with Gasteiger partial charge in [-0.15, -0.1) is 0 Å². The quantitative estimate of drug-likeness (QED) is 0.563. The van der Waals surface area contributed by atoms with Crippen molar-refractivity contribution in [2.75, 3.05) is 46.2 Å². The Labute approximate surface area is 175 Å². The molecular formula is C23H36N2O4. The third-order valence-electron chi connectivity index (χ3n) is 5.88. The van der Waals surface area contributed by atoms with Gasteiger partial charge in [0.2, 0.25) is 12.7 Å². The largest absolute Gasteiger partial charge is 0.454 e. The Morgan fingerprint density at radius 2 is 1.93 bits per heavy atom. The standard InChI is InChI=1S/C23H36N2O4/c1-3-5-7-20(4-2)23(26)25(11-6-10-24-12-14-27-15-13-24)17-19-8-9-21-22(16-19)29-18-28-21/h8-9,16,20H,3-7,10-15,17-18H2,1-2H3. The zero-order valence-electron chi connectivity index (χ0n) is 18.0. The topological polar surface area (TPSA) is 51.2 Å². The van der Waals surface area contributed by atoms with Crippen molar-refractivity contribution in [2.24, 2.45) is 5.92 Å². The fourth-order valence-corrected chi connectivity index (χ4v) is 4.05. The summed E-state index contributed by atoms with van der Waals surface area (Å²) in [6.07, 6.45) is 5.10. The van der Waals surface area contributed by atoms with Crippen LogP contribution in [0.2, 0.25) is 0 Å². The smallest absolute Gasteiger partial charge is 0.231 e. The fraction of sp³-hybridized carbons (Fsp3) is 0.696. The molecule has 3 rings (SSSR count). The molecule has 2 aliphatic rings. The first-order valence-corrected chi connectivity index (χ1v) is 11.2. The monoisotopic (exact) mass is 404 g/mol. The van der Waals surface area contributed by atoms with Crippen molar-refractivity contribution < 1.29 is 19.0 Å². The first kappa shape index (κ1) is 21.9. The number of unbranched alkanes of at least 4 members (excludes halogenated alkanes) is 1. The van der Waals surface area contributed by atoms with Crippen LogP contribution in [-0.4, -0.2) is 61.9 Å². The average Bonchev–Trinajstić information content (AvgIpc) is 3.22. The van der Waals surface area contributed by atoms with Gasteiger partial charge in [-0.3, -0.25) is 9.69 Å². The van der Waals surface area contributed by atoms with E-state index in [0.717, 1.165) is 88.6 Å². The number of benzene rings is 1. The van der Waals surface area contributed by atoms with Gasteiger partial charge < -0.3 is 19.1 Å². The van der Waals surface area contributed by atoms with Crippen LogP contribution in [-0.2, 0) is 16.1 Å². The number of carbonyl (C=O) groups is 1. The maximum atomic E-state index is 13.3. The Bertz CT molecular complexity index is 646. The molecule has 2 heterocycles. The van der Waals surface area contributed by atoms with E-state index in [-0.39, 0.29) is 12.7 Å². The molecule has 162 valence electrons. The Kier molecular flexibility index (Phi) is 8.62. The lowest BCUT2D eigenvalue weighted by atomic mass is 9.97. The fourth-order valence-electron chi connectivity index (χ4n) is 4.05. The van der Waals surface area contributed by atoms with E-state index in [4.69, 9.17) is 14.2 Å². The molecule has 0 aliphatic carbocycles. The van der Waals surface area contributed by atoms with Crippen LogP contribution >= 0.6 is 0 Å². The molecule has 1 fully saturated rings. The first-order valence-electron chi connectivity index (χ1n) is 11.2. The summed E-state index contributed by atoms with van der Waals surface area (Å²) in [7, 11) is 0. The van der Waals surface area contributed by atoms with E-state index < -0.39 is 0 Å². The third-order valence-corrected chi connectivity index (χ3v) is 5.88. The molecule has 0 N–H and O–H groups in total. The summed E-state index contributed by atoms with van der Waals surface area (Å²) in [5, 5.41) is 0. The normalized spacial score (nSPS) is 17.3. The van der Waals surface area contributed by atoms with E-state index in [1.807, 2.05) is 18.2 Å². The van der Waals surface area contributed by atoms with Crippen LogP contribution < -0.4 is 9.47 Å². The zero-order valence-corrected chi connectivity index (χ0v) is 18.0. The molecule has 1 saturated heterocycles. The van der Waals surface area contributed by atoms with Crippen molar-refractivity contribution in [1.82, 2.24) is 9.80 Å². The minimum absolute atomic E-state index is 0.118. The summed E-state index contributed by atoms with van der Waals surface area (Å²) in [6, 6.07) is 6.00. The van der Waals surface area contributed by atoms with E-state index in [2.05, 4.69) is 23.6 Å². The number of ether oxygens (including phenoxy) is 3. The Morgan fingerprint density at radius 1 is 1.14 bits per heavy atom. The van der Waals surface area contributed by atoms with Gasteiger partial charge in [-0.05, 0) is 37.0 Å². The lowest BCUT2D eigenvalue weighted by molar-refractivity contribution is -0.136. The van der Waals surface area contributed by atoms with E-state index in [1.54, 1.807) is 0 Å². The Morgan fingerprint density at radius 3 is 2.69 bits per heavy atom. The highest BCUT2D eigenvalue weighted by molar-refractivity contribution is 5.78. The van der Waals surface area contributed by atoms with Gasteiger partial charge in [-0.1, -0.05) is 32.8 Å². The maximum absolute atomic E-state index is 13.3. The highest BCUT2D eigenvalue weighted by atomic mass is 16.7. The van der Waals surface area contributed by atoms with Crippen LogP contribution in [0.4, 0.5) is 0 Å². The van der Waals surface area contributed by atoms with Crippen LogP contribution in [0.15, 0.2) is 18.2 Å². The molecule has 6 nitrogen and oxygen atoms in total. The van der Waals surface area contributed by atoms with E-state index in [1.165, 1.54) is 0 Å². The number of fused-ring (bicyclic) bond motifs is 1. The Hall–Kier alpha value is -1.79. The van der Waals surface area contributed by atoms with Gasteiger partial charge in [0, 0.05) is 38.6 Å². The molecule has 1 amide bonds. The minimum Gasteiger partial charge on any atom is -0.454 e. The minimum atomic E-state index is 0.118. The van der Waals surface area contributed by atoms with E-state index in [9.17, 15) is 4.79 Å². The van der Waals surface area contributed by atoms with Gasteiger partial charge in [-0.25, -0.2) is 0 Å². The predicted molar refractivity (Wildman–Crippen MR) is 113 cm³/mol. The SMILES string of the molecule is CCCCC(CC)C(=O)N(CCCN1CCOCC1)Cc1ccc2c(c1)OCO2. The second-order valence-corrected chi connectivity index (χ2v) is 8.00. The number of amides is 1. The second-order valence-electron chi connectivity index (χ2n) is 8.00. The van der Waals surface area contributed by atoms with Crippen molar-refractivity contribution in [3.05, 3.63) is 23.8 Å². The van der Waals surface area contributed by atoms with Crippen LogP contribution in [0, 0.1) is 5.92 Å². The molecule has 1 aromatic rings. The summed E-state index contributed by atoms with van der Waals surface area (Å²) in [5.41, 5.74) is 1.10. The maximum Gasteiger partial charge on any atom is 0.231 e. The van der Waals surface area contributed by atoms with Crippen molar-refractivity contribution in [1.29, 1.82) is 0 Å². The molecule has 0 radical (unpaired) electrons. The predicted octanol–water partition coefficient (Wildman–Crippen LogP) is 3.68. The number of morpholine rings is 1. The van der Waals surface area contributed by atoms with Gasteiger partial charge in [-0.2, -0.15) is 0 Å². The number of hydrogen-bond donors (Lipinski definition) is 0. The summed E-state index contributed by atoms with van der Waals surface area (Å²) in [6.45, 7) is 10.6. The van der Waals surface area contributed by atoms with Crippen molar-refractivity contribution >= 4 is 5.91 Å². The molecule has 0 aromatic heterocycles. The van der Waals surface area contributed by atoms with Gasteiger partial charge in [0.25, 0.3) is 0 Å². The van der Waals surface area contributed by atoms with Crippen molar-refractivity contribution in [3.8, 4) is 11.5 Å². The van der Waals surface area contributed by atoms with Crippen LogP contribution in [0.5, 0.6) is 11.5 Å². The molecule has 1 aromatic carbocycles. The Balaban J connectivity index is 1.63. The van der Waals surface area contributed by atoms with Gasteiger partial charge >= 0.3 is 0 Å². The van der Waals surface area contributed by atoms with Gasteiger partial charge in [0.05, 0.1) is 13.2 Å². The van der Waals surface area contributed by atoms with Gasteiger partial charge in [0.15, 0.2) is 11.5 Å². The molecular weight excluding hydrogens is 368 g/mol. The molecule has 1 atom stereocenters. The third kappa shape index (κ3) is 6.34. The van der Waals surface area contributed by atoms with E-state index >= 15 is 0 Å². The van der Waals surface area contributed by atoms with Crippen molar-refractivity contribution in [3.63, 3.8) is 0 Å². The highest BCUT2D eigenvalue weighted by Crippen LogP contribution is 2.33. The molecule has 0 spiro atoms. The molecule has 6 heteroatoms. The molecule has 1 unspecified atom stereocenters. The van der Waals surface area contributed by atoms with Gasteiger partial charge in [0.1, 0.15) is 0 Å². The molecule has 0 bridgehead atoms. The van der Waals surface area contributed by atoms with Crippen molar-refractivity contribution in [2.45, 2.75) is 52.5 Å². The number of rotatable bonds is 11. The first-order chi connectivity index (χ1) is 14.2. The number of carbonyl (C=O) groups excluding carboxylic acids is 1. The van der Waals surface area contributed by atoms with Crippen LogP contribution in [0.3, 0.4) is 0 Å². The van der Waals surface area contributed by atoms with Crippen LogP contribution in [0.25, 0.3) is 0 Å². The molecule has 2 aliphatic heterocycles. The average molecular weight is 405 g/mol. The molecule has 29 heavy (non-hydrogen) atoms. The number of nitrogens with zero attached hydrogens (tertiary/aromatic N) is 2. The lowest BCUT2D eigenvalue weighted by Gasteiger charge is -2.30. The van der Waals surface area contributed by atoms with Crippen LogP contribution in [0.1, 0.15) is 51.5 Å². The molecule has 0 saturated carbocycles. The highest BCUT2D eigenvalue weighted by Gasteiger charge is 2.24. The van der Waals surface area contributed by atoms with E-state index in [0.29, 0.717) is 12.5 Å². The summed E-state index contributed by atoms with van der Waals surface area (Å²) >= 11 is 0. The summed E-state index contributed by atoms with van der Waals surface area (Å²) in [4.78, 5) is 17.8. The lowest BCUT2D eigenvalue weighted by Crippen LogP contribution is -2.40. The second kappa shape index (κ2) is 11.4. The summed E-state index contributed by atoms with van der Waals surface area (Å²) in [5.74, 6) is 1.97. The summed E-state index contributed by atoms with van der Waals surface area (Å²) < 4.78 is 16.4.